The minimum Gasteiger partial charge on any atom is -0.410 e. The van der Waals surface area contributed by atoms with Crippen LogP contribution in [0.3, 0.4) is 0 Å². The van der Waals surface area contributed by atoms with Gasteiger partial charge in [-0.05, 0) is 85.0 Å². The summed E-state index contributed by atoms with van der Waals surface area (Å²) in [6.07, 6.45) is 6.88. The van der Waals surface area contributed by atoms with Crippen LogP contribution >= 0.6 is 23.2 Å². The number of aliphatic hydroxyl groups excluding tert-OH is 4. The van der Waals surface area contributed by atoms with E-state index >= 15 is 0 Å². The van der Waals surface area contributed by atoms with Gasteiger partial charge < -0.3 is 40.1 Å². The van der Waals surface area contributed by atoms with Gasteiger partial charge in [0, 0.05) is 37.8 Å². The van der Waals surface area contributed by atoms with Crippen molar-refractivity contribution in [1.29, 1.82) is 0 Å². The number of aryl methyl sites for hydroxylation is 1. The lowest BCUT2D eigenvalue weighted by atomic mass is 9.55. The van der Waals surface area contributed by atoms with Crippen LogP contribution in [0.2, 0.25) is 0 Å². The van der Waals surface area contributed by atoms with E-state index in [-0.39, 0.29) is 18.1 Å². The first-order valence-electron chi connectivity index (χ1n) is 17.0. The summed E-state index contributed by atoms with van der Waals surface area (Å²) < 4.78 is 12.8. The van der Waals surface area contributed by atoms with E-state index in [1.165, 1.54) is 23.8 Å². The summed E-state index contributed by atoms with van der Waals surface area (Å²) in [4.78, 5) is 22.3. The largest absolute Gasteiger partial charge is 0.415 e. The maximum absolute atomic E-state index is 12.4. The molecule has 0 unspecified atom stereocenters. The van der Waals surface area contributed by atoms with Crippen LogP contribution in [-0.2, 0) is 11.2 Å². The lowest BCUT2D eigenvalue weighted by Gasteiger charge is -2.50. The molecular weight excluding hydrogens is 661 g/mol. The summed E-state index contributed by atoms with van der Waals surface area (Å²) in [7, 11) is 0. The fraction of sp³-hybridized carbons (Fsp3) is 0.676. The summed E-state index contributed by atoms with van der Waals surface area (Å²) in [5.41, 5.74) is 3.30. The van der Waals surface area contributed by atoms with Gasteiger partial charge in [0.2, 0.25) is 0 Å². The summed E-state index contributed by atoms with van der Waals surface area (Å²) in [6.45, 7) is 3.27. The molecule has 0 spiro atoms. The Morgan fingerprint density at radius 2 is 1.96 bits per heavy atom. The minimum atomic E-state index is -0.737. The Labute approximate surface area is 291 Å². The maximum Gasteiger partial charge on any atom is 0.415 e. The molecule has 2 aliphatic heterocycles. The van der Waals surface area contributed by atoms with Gasteiger partial charge in [-0.2, -0.15) is 0 Å². The number of carbonyl (C=O) groups excluding carboxylic acids is 1. The highest BCUT2D eigenvalue weighted by Gasteiger charge is 2.54. The normalized spacial score (nSPS) is 33.2. The lowest BCUT2D eigenvalue weighted by molar-refractivity contribution is -0.0438. The van der Waals surface area contributed by atoms with Gasteiger partial charge in [0.1, 0.15) is 29.9 Å². The number of carbonyl (C=O) groups is 1. The third-order valence-corrected chi connectivity index (χ3v) is 11.6. The Morgan fingerprint density at radius 1 is 1.17 bits per heavy atom. The first-order chi connectivity index (χ1) is 23.2. The zero-order valence-electron chi connectivity index (χ0n) is 27.3. The topological polar surface area (TPSA) is 162 Å². The van der Waals surface area contributed by atoms with Gasteiger partial charge in [-0.1, -0.05) is 13.0 Å². The summed E-state index contributed by atoms with van der Waals surface area (Å²) in [6, 6.07) is 6.13. The minimum absolute atomic E-state index is 0.0996. The van der Waals surface area contributed by atoms with E-state index in [0.717, 1.165) is 38.5 Å². The molecule has 12 nitrogen and oxygen atoms in total. The van der Waals surface area contributed by atoms with Crippen molar-refractivity contribution >= 4 is 41.5 Å². The second-order valence-electron chi connectivity index (χ2n) is 13.8. The van der Waals surface area contributed by atoms with Crippen LogP contribution in [0.5, 0.6) is 5.75 Å². The average molecular weight is 709 g/mol. The SMILES string of the molecule is C[C@]12CC[C@@H]3c4ccc(OC(=O)N(CCCl)CCCl)cc4CC[C@H]3[C@@H]1CC[C@@H]2O.OC[C@H]1O[C@@H](n2cnc3c2N=CNC[C@H]3O)C[C@@H]1O. The molecule has 0 radical (unpaired) electrons. The number of aromatic nitrogens is 2. The number of nitrogens with one attached hydrogen (secondary N) is 1. The molecule has 7 rings (SSSR count). The van der Waals surface area contributed by atoms with Crippen LogP contribution in [0.15, 0.2) is 29.5 Å². The van der Waals surface area contributed by atoms with Crippen molar-refractivity contribution in [2.24, 2.45) is 22.2 Å². The summed E-state index contributed by atoms with van der Waals surface area (Å²) in [5.74, 6) is 3.67. The van der Waals surface area contributed by atoms with Crippen LogP contribution in [0.25, 0.3) is 0 Å². The number of β-amino-alcohol motifs (C(OH)–C–C–N with tert-alkyl or cyclic N) is 1. The number of hydrogen-bond acceptors (Lipinski definition) is 10. The van der Waals surface area contributed by atoms with Crippen molar-refractivity contribution in [3.8, 4) is 5.75 Å². The molecule has 3 aliphatic carbocycles. The number of nitrogens with zero attached hydrogens (tertiary/aromatic N) is 4. The molecule has 5 N–H and O–H groups in total. The van der Waals surface area contributed by atoms with Crippen molar-refractivity contribution in [1.82, 2.24) is 19.8 Å². The molecular formula is C34H47Cl2N5O7. The predicted molar refractivity (Wildman–Crippen MR) is 181 cm³/mol. The third kappa shape index (κ3) is 6.95. The first kappa shape index (κ1) is 35.4. The third-order valence-electron chi connectivity index (χ3n) is 11.2. The highest BCUT2D eigenvalue weighted by atomic mass is 35.5. The molecule has 3 heterocycles. The Morgan fingerprint density at radius 3 is 2.69 bits per heavy atom. The van der Waals surface area contributed by atoms with E-state index in [4.69, 9.17) is 37.8 Å². The fourth-order valence-electron chi connectivity index (χ4n) is 8.62. The van der Waals surface area contributed by atoms with Crippen LogP contribution < -0.4 is 10.1 Å². The van der Waals surface area contributed by atoms with E-state index < -0.39 is 30.6 Å². The van der Waals surface area contributed by atoms with Crippen molar-refractivity contribution in [2.75, 3.05) is 38.0 Å². The number of imidazole rings is 1. The number of aliphatic imine (C=N–C) groups is 1. The quantitative estimate of drug-likeness (QED) is 0.268. The Bertz CT molecular complexity index is 1450. The molecule has 14 heteroatoms. The van der Waals surface area contributed by atoms with Crippen LogP contribution in [0.4, 0.5) is 10.6 Å². The number of aliphatic hydroxyl groups is 4. The van der Waals surface area contributed by atoms with Gasteiger partial charge in [0.15, 0.2) is 5.82 Å². The van der Waals surface area contributed by atoms with Crippen molar-refractivity contribution in [3.63, 3.8) is 0 Å². The number of halogens is 2. The van der Waals surface area contributed by atoms with Gasteiger partial charge in [-0.15, -0.1) is 23.2 Å². The van der Waals surface area contributed by atoms with Crippen molar-refractivity contribution in [2.45, 2.75) is 88.4 Å². The molecule has 264 valence electrons. The second-order valence-corrected chi connectivity index (χ2v) is 14.6. The van der Waals surface area contributed by atoms with Crippen LogP contribution in [0, 0.1) is 17.3 Å². The predicted octanol–water partition coefficient (Wildman–Crippen LogP) is 4.00. The van der Waals surface area contributed by atoms with Gasteiger partial charge in [0.25, 0.3) is 0 Å². The Hall–Kier alpha value is -2.45. The van der Waals surface area contributed by atoms with Crippen LogP contribution in [-0.4, -0.2) is 104 Å². The van der Waals surface area contributed by atoms with Gasteiger partial charge in [0.05, 0.1) is 31.5 Å². The van der Waals surface area contributed by atoms with E-state index in [0.29, 0.717) is 72.8 Å². The lowest BCUT2D eigenvalue weighted by Crippen LogP contribution is -2.43. The smallest absolute Gasteiger partial charge is 0.410 e. The zero-order valence-corrected chi connectivity index (χ0v) is 28.8. The number of alkyl halides is 2. The van der Waals surface area contributed by atoms with E-state index in [1.807, 2.05) is 12.1 Å². The summed E-state index contributed by atoms with van der Waals surface area (Å²) in [5, 5.41) is 42.1. The molecule has 2 aromatic rings. The highest BCUT2D eigenvalue weighted by molar-refractivity contribution is 6.18. The number of rotatable bonds is 7. The molecule has 1 aromatic carbocycles. The molecule has 48 heavy (non-hydrogen) atoms. The van der Waals surface area contributed by atoms with Crippen LogP contribution in [0.1, 0.15) is 80.5 Å². The fourth-order valence-corrected chi connectivity index (χ4v) is 9.03. The van der Waals surface area contributed by atoms with E-state index in [2.05, 4.69) is 28.3 Å². The summed E-state index contributed by atoms with van der Waals surface area (Å²) >= 11 is 11.6. The number of amides is 1. The standard InChI is InChI=1S/C23H31Cl2NO3.C11H16N4O4/c1-23-9-8-18-17-5-3-16(29-22(28)26(12-10-24)13-11-25)14-15(17)2-4-19(18)20(23)6-7-21(23)27;16-3-8-6(17)1-9(19-8)15-5-14-10-7(18)2-12-4-13-11(10)15/h3,5,14,18-21,27H,2,4,6-13H2,1H3;4-9,16-18H,1-3H2,(H,12,13)/t18-,19-,20+,21+,23+;6-,7+,8+,9+/m10/s1. The molecule has 1 saturated heterocycles. The molecule has 0 bridgehead atoms. The maximum atomic E-state index is 12.4. The van der Waals surface area contributed by atoms with Crippen molar-refractivity contribution in [3.05, 3.63) is 41.3 Å². The molecule has 1 amide bonds. The second kappa shape index (κ2) is 15.2. The number of fused-ring (bicyclic) bond motifs is 6. The number of hydrogen-bond donors (Lipinski definition) is 5. The van der Waals surface area contributed by atoms with E-state index in [1.54, 1.807) is 9.47 Å². The average Bonchev–Trinajstić information content (AvgIpc) is 3.73. The molecule has 1 aromatic heterocycles. The van der Waals surface area contributed by atoms with Crippen molar-refractivity contribution < 1.29 is 34.7 Å². The Balaban J connectivity index is 0.000000182. The monoisotopic (exact) mass is 707 g/mol. The van der Waals surface area contributed by atoms with E-state index in [9.17, 15) is 20.1 Å². The first-order valence-corrected chi connectivity index (χ1v) is 18.1. The molecule has 3 fully saturated rings. The zero-order chi connectivity index (χ0) is 34.0. The molecule has 9 atom stereocenters. The number of benzene rings is 1. The Kier molecular flexibility index (Phi) is 11.2. The van der Waals surface area contributed by atoms with Gasteiger partial charge in [-0.3, -0.25) is 4.57 Å². The van der Waals surface area contributed by atoms with Gasteiger partial charge >= 0.3 is 6.09 Å². The molecule has 5 aliphatic rings. The van der Waals surface area contributed by atoms with Gasteiger partial charge in [-0.25, -0.2) is 14.8 Å². The number of ether oxygens (including phenoxy) is 2. The molecule has 2 saturated carbocycles. The highest BCUT2D eigenvalue weighted by Crippen LogP contribution is 2.61.